The van der Waals surface area contributed by atoms with Crippen molar-refractivity contribution in [1.29, 1.82) is 0 Å². The van der Waals surface area contributed by atoms with Gasteiger partial charge in [0.2, 0.25) is 0 Å². The molecule has 0 bridgehead atoms. The SMILES string of the molecule is CCOC(=O)C1(C)CCCCN1C(=O)c1cc(F)ccc1C. The molecule has 0 aromatic heterocycles. The Bertz CT molecular complexity index is 587. The third kappa shape index (κ3) is 2.98. The van der Waals surface area contributed by atoms with Gasteiger partial charge >= 0.3 is 5.97 Å². The first-order valence-corrected chi connectivity index (χ1v) is 7.65. The monoisotopic (exact) mass is 307 g/mol. The van der Waals surface area contributed by atoms with Gasteiger partial charge in [-0.05, 0) is 57.7 Å². The first kappa shape index (κ1) is 16.5. The molecule has 1 heterocycles. The molecule has 1 amide bonds. The van der Waals surface area contributed by atoms with Crippen LogP contribution in [0.5, 0.6) is 0 Å². The number of benzene rings is 1. The van der Waals surface area contributed by atoms with Crippen LogP contribution in [0, 0.1) is 12.7 Å². The molecule has 22 heavy (non-hydrogen) atoms. The summed E-state index contributed by atoms with van der Waals surface area (Å²) in [7, 11) is 0. The number of hydrogen-bond acceptors (Lipinski definition) is 3. The second kappa shape index (κ2) is 6.46. The molecule has 1 aromatic rings. The summed E-state index contributed by atoms with van der Waals surface area (Å²) < 4.78 is 18.6. The Kier molecular flexibility index (Phi) is 4.84. The maximum absolute atomic E-state index is 13.5. The van der Waals surface area contributed by atoms with E-state index < -0.39 is 17.3 Å². The lowest BCUT2D eigenvalue weighted by Crippen LogP contribution is -2.58. The zero-order valence-electron chi connectivity index (χ0n) is 13.3. The van der Waals surface area contributed by atoms with E-state index in [9.17, 15) is 14.0 Å². The van der Waals surface area contributed by atoms with Crippen LogP contribution in [0.1, 0.15) is 49.0 Å². The molecule has 1 aliphatic heterocycles. The summed E-state index contributed by atoms with van der Waals surface area (Å²) in [6.45, 7) is 5.99. The van der Waals surface area contributed by atoms with Crippen molar-refractivity contribution in [2.24, 2.45) is 0 Å². The highest BCUT2D eigenvalue weighted by atomic mass is 19.1. The molecule has 0 saturated carbocycles. The summed E-state index contributed by atoms with van der Waals surface area (Å²) in [5.74, 6) is -1.16. The van der Waals surface area contributed by atoms with E-state index in [4.69, 9.17) is 4.74 Å². The van der Waals surface area contributed by atoms with Gasteiger partial charge in [-0.25, -0.2) is 9.18 Å². The van der Waals surface area contributed by atoms with E-state index in [2.05, 4.69) is 0 Å². The molecule has 1 aliphatic rings. The highest BCUT2D eigenvalue weighted by Gasteiger charge is 2.45. The van der Waals surface area contributed by atoms with Crippen molar-refractivity contribution in [2.45, 2.75) is 45.6 Å². The highest BCUT2D eigenvalue weighted by Crippen LogP contribution is 2.31. The molecule has 0 aliphatic carbocycles. The summed E-state index contributed by atoms with van der Waals surface area (Å²) in [5, 5.41) is 0. The van der Waals surface area contributed by atoms with E-state index in [1.165, 1.54) is 17.0 Å². The van der Waals surface area contributed by atoms with Crippen molar-refractivity contribution in [3.8, 4) is 0 Å². The molecule has 0 spiro atoms. The van der Waals surface area contributed by atoms with Gasteiger partial charge in [0.15, 0.2) is 0 Å². The molecule has 1 saturated heterocycles. The van der Waals surface area contributed by atoms with Gasteiger partial charge in [0.1, 0.15) is 11.4 Å². The van der Waals surface area contributed by atoms with E-state index in [0.717, 1.165) is 12.8 Å². The molecular weight excluding hydrogens is 285 g/mol. The summed E-state index contributed by atoms with van der Waals surface area (Å²) in [6.07, 6.45) is 2.25. The van der Waals surface area contributed by atoms with E-state index in [-0.39, 0.29) is 12.5 Å². The zero-order chi connectivity index (χ0) is 16.3. The van der Waals surface area contributed by atoms with Crippen molar-refractivity contribution in [3.05, 3.63) is 35.1 Å². The third-order valence-corrected chi connectivity index (χ3v) is 4.28. The fourth-order valence-electron chi connectivity index (χ4n) is 2.92. The number of halogens is 1. The van der Waals surface area contributed by atoms with Crippen molar-refractivity contribution >= 4 is 11.9 Å². The quantitative estimate of drug-likeness (QED) is 0.806. The Hall–Kier alpha value is -1.91. The first-order chi connectivity index (χ1) is 10.4. The Morgan fingerprint density at radius 3 is 2.77 bits per heavy atom. The van der Waals surface area contributed by atoms with Gasteiger partial charge in [0, 0.05) is 12.1 Å². The number of likely N-dealkylation sites (tertiary alicyclic amines) is 1. The van der Waals surface area contributed by atoms with Gasteiger partial charge in [-0.15, -0.1) is 0 Å². The number of rotatable bonds is 3. The Morgan fingerprint density at radius 2 is 2.09 bits per heavy atom. The van der Waals surface area contributed by atoms with E-state index in [0.29, 0.717) is 24.1 Å². The number of amides is 1. The minimum atomic E-state index is -0.982. The normalized spacial score (nSPS) is 21.5. The van der Waals surface area contributed by atoms with Gasteiger partial charge in [-0.1, -0.05) is 6.07 Å². The van der Waals surface area contributed by atoms with Crippen molar-refractivity contribution in [1.82, 2.24) is 4.90 Å². The zero-order valence-corrected chi connectivity index (χ0v) is 13.3. The molecule has 4 nitrogen and oxygen atoms in total. The van der Waals surface area contributed by atoms with Gasteiger partial charge in [0.05, 0.1) is 6.61 Å². The van der Waals surface area contributed by atoms with E-state index >= 15 is 0 Å². The summed E-state index contributed by atoms with van der Waals surface area (Å²) in [6, 6.07) is 4.14. The van der Waals surface area contributed by atoms with E-state index in [1.54, 1.807) is 26.8 Å². The van der Waals surface area contributed by atoms with Gasteiger partial charge in [-0.3, -0.25) is 4.79 Å². The third-order valence-electron chi connectivity index (χ3n) is 4.28. The molecule has 0 radical (unpaired) electrons. The number of carbonyl (C=O) groups excluding carboxylic acids is 2. The second-order valence-corrected chi connectivity index (χ2v) is 5.87. The molecule has 1 unspecified atom stereocenters. The predicted octanol–water partition coefficient (Wildman–Crippen LogP) is 3.08. The fraction of sp³-hybridized carbons (Fsp3) is 0.529. The van der Waals surface area contributed by atoms with Gasteiger partial charge in [-0.2, -0.15) is 0 Å². The predicted molar refractivity (Wildman–Crippen MR) is 81.1 cm³/mol. The molecule has 5 heteroatoms. The molecule has 1 fully saturated rings. The molecule has 1 aromatic carbocycles. The van der Waals surface area contributed by atoms with Crippen LogP contribution in [0.15, 0.2) is 18.2 Å². The summed E-state index contributed by atoms with van der Waals surface area (Å²) in [5.41, 5.74) is 0.0185. The number of piperidine rings is 1. The summed E-state index contributed by atoms with van der Waals surface area (Å²) in [4.78, 5) is 26.7. The van der Waals surface area contributed by atoms with Crippen molar-refractivity contribution in [2.75, 3.05) is 13.2 Å². The standard InChI is InChI=1S/C17H22FNO3/c1-4-22-16(21)17(3)9-5-6-10-19(17)15(20)14-11-13(18)8-7-12(14)2/h7-8,11H,4-6,9-10H2,1-3H3. The summed E-state index contributed by atoms with van der Waals surface area (Å²) >= 11 is 0. The van der Waals surface area contributed by atoms with Crippen LogP contribution < -0.4 is 0 Å². The lowest BCUT2D eigenvalue weighted by molar-refractivity contribution is -0.157. The molecular formula is C17H22FNO3. The van der Waals surface area contributed by atoms with Crippen LogP contribution in [0.3, 0.4) is 0 Å². The number of hydrogen-bond donors (Lipinski definition) is 0. The van der Waals surface area contributed by atoms with Crippen LogP contribution in [0.25, 0.3) is 0 Å². The van der Waals surface area contributed by atoms with Crippen molar-refractivity contribution in [3.63, 3.8) is 0 Å². The lowest BCUT2D eigenvalue weighted by Gasteiger charge is -2.42. The van der Waals surface area contributed by atoms with Gasteiger partial charge in [0.25, 0.3) is 5.91 Å². The minimum Gasteiger partial charge on any atom is -0.464 e. The van der Waals surface area contributed by atoms with E-state index in [1.807, 2.05) is 0 Å². The van der Waals surface area contributed by atoms with Crippen LogP contribution >= 0.6 is 0 Å². The van der Waals surface area contributed by atoms with Crippen LogP contribution in [-0.4, -0.2) is 35.5 Å². The molecule has 0 N–H and O–H groups in total. The Balaban J connectivity index is 2.36. The van der Waals surface area contributed by atoms with Crippen LogP contribution in [0.4, 0.5) is 4.39 Å². The first-order valence-electron chi connectivity index (χ1n) is 7.65. The van der Waals surface area contributed by atoms with Crippen LogP contribution in [-0.2, 0) is 9.53 Å². The van der Waals surface area contributed by atoms with Crippen molar-refractivity contribution < 1.29 is 18.7 Å². The van der Waals surface area contributed by atoms with Gasteiger partial charge < -0.3 is 9.64 Å². The molecule has 1 atom stereocenters. The largest absolute Gasteiger partial charge is 0.464 e. The smallest absolute Gasteiger partial charge is 0.331 e. The van der Waals surface area contributed by atoms with Crippen LogP contribution in [0.2, 0.25) is 0 Å². The second-order valence-electron chi connectivity index (χ2n) is 5.87. The minimum absolute atomic E-state index is 0.273. The number of ether oxygens (including phenoxy) is 1. The maximum Gasteiger partial charge on any atom is 0.331 e. The number of aryl methyl sites for hydroxylation is 1. The number of nitrogens with zero attached hydrogens (tertiary/aromatic N) is 1. The fourth-order valence-corrected chi connectivity index (χ4v) is 2.92. The number of carbonyl (C=O) groups is 2. The molecule has 2 rings (SSSR count). The lowest BCUT2D eigenvalue weighted by atomic mass is 9.87. The topological polar surface area (TPSA) is 46.6 Å². The average molecular weight is 307 g/mol. The maximum atomic E-state index is 13.5. The highest BCUT2D eigenvalue weighted by molar-refractivity contribution is 5.99. The Morgan fingerprint density at radius 1 is 1.36 bits per heavy atom. The Labute approximate surface area is 130 Å². The number of esters is 1. The average Bonchev–Trinajstić information content (AvgIpc) is 2.50. The molecule has 120 valence electrons.